The van der Waals surface area contributed by atoms with Gasteiger partial charge in [-0.2, -0.15) is 0 Å². The number of aryl methyl sites for hydroxylation is 1. The molecule has 1 aliphatic rings. The van der Waals surface area contributed by atoms with Crippen molar-refractivity contribution in [2.24, 2.45) is 5.92 Å². The van der Waals surface area contributed by atoms with E-state index in [1.165, 1.54) is 5.56 Å². The van der Waals surface area contributed by atoms with E-state index in [1.54, 1.807) is 4.90 Å². The summed E-state index contributed by atoms with van der Waals surface area (Å²) in [4.78, 5) is 13.8. The average molecular weight is 319 g/mol. The number of rotatable bonds is 4. The molecule has 1 aliphatic heterocycles. The van der Waals surface area contributed by atoms with E-state index < -0.39 is 11.7 Å². The lowest BCUT2D eigenvalue weighted by atomic mass is 9.93. The van der Waals surface area contributed by atoms with Crippen LogP contribution >= 0.6 is 0 Å². The van der Waals surface area contributed by atoms with E-state index in [1.807, 2.05) is 32.9 Å². The molecule has 0 aromatic heterocycles. The van der Waals surface area contributed by atoms with Crippen molar-refractivity contribution in [3.63, 3.8) is 0 Å². The molecule has 1 N–H and O–H groups in total. The SMILES string of the molecule is CCCc1cccc(C(O)C2CCN(C(=O)OC(C)(C)C)C2)c1. The molecule has 23 heavy (non-hydrogen) atoms. The third-order valence-corrected chi connectivity index (χ3v) is 4.15. The van der Waals surface area contributed by atoms with Crippen LogP contribution < -0.4 is 0 Å². The standard InChI is InChI=1S/C19H29NO3/c1-5-7-14-8-6-9-15(12-14)17(21)16-10-11-20(13-16)18(22)23-19(2,3)4/h6,8-9,12,16-17,21H,5,7,10-11,13H2,1-4H3. The van der Waals surface area contributed by atoms with Gasteiger partial charge >= 0.3 is 6.09 Å². The number of hydrogen-bond donors (Lipinski definition) is 1. The van der Waals surface area contributed by atoms with Crippen LogP contribution in [0.25, 0.3) is 0 Å². The Morgan fingerprint density at radius 1 is 1.43 bits per heavy atom. The minimum atomic E-state index is -0.528. The Labute approximate surface area is 139 Å². The van der Waals surface area contributed by atoms with Crippen LogP contribution in [0.5, 0.6) is 0 Å². The Hall–Kier alpha value is -1.55. The van der Waals surface area contributed by atoms with Crippen molar-refractivity contribution in [2.75, 3.05) is 13.1 Å². The number of likely N-dealkylation sites (tertiary alicyclic amines) is 1. The number of nitrogens with zero attached hydrogens (tertiary/aromatic N) is 1. The quantitative estimate of drug-likeness (QED) is 0.915. The lowest BCUT2D eigenvalue weighted by Crippen LogP contribution is -2.35. The van der Waals surface area contributed by atoms with Gasteiger partial charge in [0.25, 0.3) is 0 Å². The molecule has 128 valence electrons. The second-order valence-corrected chi connectivity index (χ2v) is 7.41. The smallest absolute Gasteiger partial charge is 0.410 e. The normalized spacial score (nSPS) is 19.7. The fourth-order valence-corrected chi connectivity index (χ4v) is 3.03. The number of carbonyl (C=O) groups excluding carboxylic acids is 1. The summed E-state index contributed by atoms with van der Waals surface area (Å²) >= 11 is 0. The number of hydrogen-bond acceptors (Lipinski definition) is 3. The van der Waals surface area contributed by atoms with E-state index in [0.29, 0.717) is 13.1 Å². The van der Waals surface area contributed by atoms with Gasteiger partial charge in [0.2, 0.25) is 0 Å². The molecule has 2 unspecified atom stereocenters. The second-order valence-electron chi connectivity index (χ2n) is 7.41. The van der Waals surface area contributed by atoms with E-state index >= 15 is 0 Å². The highest BCUT2D eigenvalue weighted by molar-refractivity contribution is 5.68. The van der Waals surface area contributed by atoms with E-state index in [-0.39, 0.29) is 12.0 Å². The first-order valence-corrected chi connectivity index (χ1v) is 8.55. The third kappa shape index (κ3) is 4.96. The molecule has 2 atom stereocenters. The van der Waals surface area contributed by atoms with E-state index in [0.717, 1.165) is 24.8 Å². The maximum Gasteiger partial charge on any atom is 0.410 e. The summed E-state index contributed by atoms with van der Waals surface area (Å²) in [6, 6.07) is 8.16. The van der Waals surface area contributed by atoms with Gasteiger partial charge in [-0.1, -0.05) is 37.6 Å². The number of aliphatic hydroxyl groups is 1. The number of carbonyl (C=O) groups is 1. The van der Waals surface area contributed by atoms with Gasteiger partial charge in [-0.05, 0) is 44.7 Å². The van der Waals surface area contributed by atoms with Crippen LogP contribution in [0.1, 0.15) is 57.8 Å². The maximum atomic E-state index is 12.1. The number of benzene rings is 1. The van der Waals surface area contributed by atoms with Crippen LogP contribution in [0.4, 0.5) is 4.79 Å². The molecule has 0 spiro atoms. The highest BCUT2D eigenvalue weighted by atomic mass is 16.6. The summed E-state index contributed by atoms with van der Waals surface area (Å²) in [5.74, 6) is 0.0689. The zero-order valence-electron chi connectivity index (χ0n) is 14.7. The molecule has 0 aliphatic carbocycles. The minimum Gasteiger partial charge on any atom is -0.444 e. The molecule has 2 rings (SSSR count). The first-order valence-electron chi connectivity index (χ1n) is 8.55. The molecular formula is C19H29NO3. The molecule has 1 aromatic carbocycles. The molecule has 0 saturated carbocycles. The summed E-state index contributed by atoms with van der Waals surface area (Å²) < 4.78 is 5.41. The molecule has 1 saturated heterocycles. The number of aliphatic hydroxyl groups excluding tert-OH is 1. The summed E-state index contributed by atoms with van der Waals surface area (Å²) in [7, 11) is 0. The largest absolute Gasteiger partial charge is 0.444 e. The van der Waals surface area contributed by atoms with Crippen LogP contribution in [0.2, 0.25) is 0 Å². The first-order chi connectivity index (χ1) is 10.8. The molecular weight excluding hydrogens is 290 g/mol. The minimum absolute atomic E-state index is 0.0689. The average Bonchev–Trinajstić information content (AvgIpc) is 2.95. The van der Waals surface area contributed by atoms with Crippen molar-refractivity contribution in [1.82, 2.24) is 4.90 Å². The highest BCUT2D eigenvalue weighted by Crippen LogP contribution is 2.31. The number of amides is 1. The van der Waals surface area contributed by atoms with Crippen molar-refractivity contribution in [3.05, 3.63) is 35.4 Å². The van der Waals surface area contributed by atoms with Crippen molar-refractivity contribution in [3.8, 4) is 0 Å². The van der Waals surface area contributed by atoms with Crippen molar-refractivity contribution >= 4 is 6.09 Å². The van der Waals surface area contributed by atoms with Gasteiger partial charge in [-0.3, -0.25) is 0 Å². The predicted molar refractivity (Wildman–Crippen MR) is 91.3 cm³/mol. The highest BCUT2D eigenvalue weighted by Gasteiger charge is 2.33. The van der Waals surface area contributed by atoms with Gasteiger partial charge in [0.05, 0.1) is 6.10 Å². The van der Waals surface area contributed by atoms with E-state index in [2.05, 4.69) is 19.1 Å². The fraction of sp³-hybridized carbons (Fsp3) is 0.632. The van der Waals surface area contributed by atoms with E-state index in [9.17, 15) is 9.90 Å². The summed E-state index contributed by atoms with van der Waals surface area (Å²) in [6.07, 6.45) is 2.11. The zero-order valence-corrected chi connectivity index (χ0v) is 14.7. The first kappa shape index (κ1) is 17.8. The third-order valence-electron chi connectivity index (χ3n) is 4.15. The Morgan fingerprint density at radius 2 is 2.17 bits per heavy atom. The Balaban J connectivity index is 1.98. The van der Waals surface area contributed by atoms with Crippen LogP contribution in [0.15, 0.2) is 24.3 Å². The predicted octanol–water partition coefficient (Wildman–Crippen LogP) is 3.93. The van der Waals surface area contributed by atoms with Gasteiger partial charge in [0, 0.05) is 19.0 Å². The van der Waals surface area contributed by atoms with Crippen molar-refractivity contribution < 1.29 is 14.6 Å². The van der Waals surface area contributed by atoms with Crippen LogP contribution in [-0.4, -0.2) is 34.8 Å². The zero-order chi connectivity index (χ0) is 17.0. The van der Waals surface area contributed by atoms with Crippen molar-refractivity contribution in [2.45, 2.75) is 58.7 Å². The molecule has 0 bridgehead atoms. The molecule has 4 nitrogen and oxygen atoms in total. The monoisotopic (exact) mass is 319 g/mol. The Morgan fingerprint density at radius 3 is 2.83 bits per heavy atom. The van der Waals surface area contributed by atoms with Gasteiger partial charge in [-0.15, -0.1) is 0 Å². The number of ether oxygens (including phenoxy) is 1. The van der Waals surface area contributed by atoms with Crippen molar-refractivity contribution in [1.29, 1.82) is 0 Å². The molecule has 0 radical (unpaired) electrons. The molecule has 1 aromatic rings. The summed E-state index contributed by atoms with van der Waals surface area (Å²) in [5, 5.41) is 10.7. The van der Waals surface area contributed by atoms with Crippen LogP contribution in [-0.2, 0) is 11.2 Å². The van der Waals surface area contributed by atoms with Gasteiger partial charge < -0.3 is 14.7 Å². The molecule has 1 amide bonds. The van der Waals surface area contributed by atoms with Crippen LogP contribution in [0.3, 0.4) is 0 Å². The lowest BCUT2D eigenvalue weighted by molar-refractivity contribution is 0.0268. The molecule has 1 fully saturated rings. The molecule has 1 heterocycles. The van der Waals surface area contributed by atoms with E-state index in [4.69, 9.17) is 4.74 Å². The van der Waals surface area contributed by atoms with Gasteiger partial charge in [0.1, 0.15) is 5.60 Å². The Kier molecular flexibility index (Phi) is 5.69. The topological polar surface area (TPSA) is 49.8 Å². The van der Waals surface area contributed by atoms with Crippen LogP contribution in [0, 0.1) is 5.92 Å². The maximum absolute atomic E-state index is 12.1. The molecule has 4 heteroatoms. The second kappa shape index (κ2) is 7.35. The van der Waals surface area contributed by atoms with Gasteiger partial charge in [0.15, 0.2) is 0 Å². The fourth-order valence-electron chi connectivity index (χ4n) is 3.03. The summed E-state index contributed by atoms with van der Waals surface area (Å²) in [5.41, 5.74) is 1.72. The lowest BCUT2D eigenvalue weighted by Gasteiger charge is -2.25. The van der Waals surface area contributed by atoms with Gasteiger partial charge in [-0.25, -0.2) is 4.79 Å². The summed E-state index contributed by atoms with van der Waals surface area (Å²) in [6.45, 7) is 8.95. The Bertz CT molecular complexity index is 536.